The van der Waals surface area contributed by atoms with Gasteiger partial charge in [0, 0.05) is 37.7 Å². The van der Waals surface area contributed by atoms with Gasteiger partial charge in [0.1, 0.15) is 11.6 Å². The predicted molar refractivity (Wildman–Crippen MR) is 86.9 cm³/mol. The molecule has 1 aromatic carbocycles. The summed E-state index contributed by atoms with van der Waals surface area (Å²) in [6, 6.07) is 4.87. The predicted octanol–water partition coefficient (Wildman–Crippen LogP) is 2.63. The van der Waals surface area contributed by atoms with Crippen LogP contribution in [0.25, 0.3) is 5.69 Å². The Morgan fingerprint density at radius 1 is 1.46 bits per heavy atom. The van der Waals surface area contributed by atoms with E-state index in [1.807, 2.05) is 6.92 Å². The first-order chi connectivity index (χ1) is 11.5. The van der Waals surface area contributed by atoms with Gasteiger partial charge >= 0.3 is 0 Å². The molecule has 2 aromatic rings. The maximum Gasteiger partial charge on any atom is 0.223 e. The first-order valence-electron chi connectivity index (χ1n) is 8.11. The zero-order valence-corrected chi connectivity index (χ0v) is 13.5. The van der Waals surface area contributed by atoms with Crippen molar-refractivity contribution in [2.24, 2.45) is 11.8 Å². The first-order valence-corrected chi connectivity index (χ1v) is 8.11. The highest BCUT2D eigenvalue weighted by atomic mass is 19.1. The van der Waals surface area contributed by atoms with Gasteiger partial charge in [0.15, 0.2) is 0 Å². The standard InChI is InChI=1S/C18H20FN3O2/c1-12-8-14(23)3-4-15(12)18(24)21-10-13-2-5-17(16(19)9-13)22-7-6-20-11-22/h2,5-7,9,11-12,15H,3-4,8,10H2,1H3,(H,21,24). The molecule has 3 rings (SSSR count). The van der Waals surface area contributed by atoms with E-state index in [1.165, 1.54) is 12.4 Å². The van der Waals surface area contributed by atoms with Gasteiger partial charge in [0.2, 0.25) is 5.91 Å². The third kappa shape index (κ3) is 3.53. The monoisotopic (exact) mass is 329 g/mol. The maximum atomic E-state index is 14.2. The molecule has 24 heavy (non-hydrogen) atoms. The second kappa shape index (κ2) is 6.95. The SMILES string of the molecule is CC1CC(=O)CCC1C(=O)NCc1ccc(-n2ccnc2)c(F)c1. The normalized spacial score (nSPS) is 20.8. The van der Waals surface area contributed by atoms with E-state index in [4.69, 9.17) is 0 Å². The van der Waals surface area contributed by atoms with Crippen molar-refractivity contribution in [3.8, 4) is 5.69 Å². The zero-order chi connectivity index (χ0) is 17.1. The number of imidazole rings is 1. The number of carbonyl (C=O) groups is 2. The largest absolute Gasteiger partial charge is 0.352 e. The number of hydrogen-bond donors (Lipinski definition) is 1. The number of amides is 1. The van der Waals surface area contributed by atoms with E-state index in [0.29, 0.717) is 30.5 Å². The van der Waals surface area contributed by atoms with Gasteiger partial charge in [-0.15, -0.1) is 0 Å². The van der Waals surface area contributed by atoms with Gasteiger partial charge in [-0.3, -0.25) is 9.59 Å². The van der Waals surface area contributed by atoms with E-state index in [0.717, 1.165) is 0 Å². The van der Waals surface area contributed by atoms with Crippen LogP contribution in [0.3, 0.4) is 0 Å². The Balaban J connectivity index is 1.61. The topological polar surface area (TPSA) is 64.0 Å². The smallest absolute Gasteiger partial charge is 0.223 e. The molecule has 1 aliphatic rings. The summed E-state index contributed by atoms with van der Waals surface area (Å²) in [6.07, 6.45) is 6.32. The lowest BCUT2D eigenvalue weighted by atomic mass is 9.79. The highest BCUT2D eigenvalue weighted by Crippen LogP contribution is 2.27. The minimum atomic E-state index is -0.364. The van der Waals surface area contributed by atoms with E-state index in [-0.39, 0.29) is 35.9 Å². The Morgan fingerprint density at radius 3 is 2.96 bits per heavy atom. The molecule has 1 amide bonds. The molecule has 0 spiro atoms. The summed E-state index contributed by atoms with van der Waals surface area (Å²) >= 11 is 0. The van der Waals surface area contributed by atoms with Gasteiger partial charge in [0.05, 0.1) is 12.0 Å². The van der Waals surface area contributed by atoms with Crippen LogP contribution in [-0.4, -0.2) is 21.2 Å². The molecule has 6 heteroatoms. The van der Waals surface area contributed by atoms with Gasteiger partial charge in [-0.1, -0.05) is 13.0 Å². The Bertz CT molecular complexity index is 743. The van der Waals surface area contributed by atoms with Crippen molar-refractivity contribution in [2.45, 2.75) is 32.7 Å². The third-order valence-electron chi connectivity index (χ3n) is 4.57. The number of benzene rings is 1. The summed E-state index contributed by atoms with van der Waals surface area (Å²) in [4.78, 5) is 27.6. The molecule has 2 unspecified atom stereocenters. The fourth-order valence-electron chi connectivity index (χ4n) is 3.19. The van der Waals surface area contributed by atoms with Gasteiger partial charge < -0.3 is 9.88 Å². The van der Waals surface area contributed by atoms with E-state index in [9.17, 15) is 14.0 Å². The number of aromatic nitrogens is 2. The molecule has 0 bridgehead atoms. The number of nitrogens with one attached hydrogen (secondary N) is 1. The van der Waals surface area contributed by atoms with Crippen LogP contribution < -0.4 is 5.32 Å². The second-order valence-electron chi connectivity index (χ2n) is 6.34. The summed E-state index contributed by atoms with van der Waals surface area (Å²) in [5, 5.41) is 2.86. The number of Topliss-reactive ketones (excluding diaryl/α,β-unsaturated/α-hetero) is 1. The fraction of sp³-hybridized carbons (Fsp3) is 0.389. The van der Waals surface area contributed by atoms with Crippen molar-refractivity contribution in [3.05, 3.63) is 48.3 Å². The summed E-state index contributed by atoms with van der Waals surface area (Å²) in [5.74, 6) is -0.279. The second-order valence-corrected chi connectivity index (χ2v) is 6.34. The van der Waals surface area contributed by atoms with Crippen LogP contribution in [0.2, 0.25) is 0 Å². The van der Waals surface area contributed by atoms with Crippen molar-refractivity contribution in [1.29, 1.82) is 0 Å². The highest BCUT2D eigenvalue weighted by molar-refractivity contribution is 5.85. The lowest BCUT2D eigenvalue weighted by Crippen LogP contribution is -2.37. The molecule has 0 saturated heterocycles. The van der Waals surface area contributed by atoms with Gasteiger partial charge in [0.25, 0.3) is 0 Å². The summed E-state index contributed by atoms with van der Waals surface area (Å²) in [7, 11) is 0. The molecule has 0 aliphatic heterocycles. The fourth-order valence-corrected chi connectivity index (χ4v) is 3.19. The quantitative estimate of drug-likeness (QED) is 0.938. The van der Waals surface area contributed by atoms with Crippen molar-refractivity contribution < 1.29 is 14.0 Å². The summed E-state index contributed by atoms with van der Waals surface area (Å²) < 4.78 is 15.8. The zero-order valence-electron chi connectivity index (χ0n) is 13.5. The van der Waals surface area contributed by atoms with Crippen LogP contribution in [0.15, 0.2) is 36.9 Å². The molecule has 1 heterocycles. The number of halogens is 1. The lowest BCUT2D eigenvalue weighted by Gasteiger charge is -2.26. The van der Waals surface area contributed by atoms with Gasteiger partial charge in [-0.05, 0) is 30.0 Å². The molecule has 0 radical (unpaired) electrons. The molecular formula is C18H20FN3O2. The molecule has 2 atom stereocenters. The molecule has 1 N–H and O–H groups in total. The molecule has 126 valence electrons. The average molecular weight is 329 g/mol. The van der Waals surface area contributed by atoms with Crippen LogP contribution in [0.5, 0.6) is 0 Å². The van der Waals surface area contributed by atoms with Crippen molar-refractivity contribution in [1.82, 2.24) is 14.9 Å². The van der Waals surface area contributed by atoms with Crippen LogP contribution in [0.4, 0.5) is 4.39 Å². The molecule has 1 saturated carbocycles. The molecule has 1 aromatic heterocycles. The number of carbonyl (C=O) groups excluding carboxylic acids is 2. The number of nitrogens with zero attached hydrogens (tertiary/aromatic N) is 2. The molecular weight excluding hydrogens is 309 g/mol. The van der Waals surface area contributed by atoms with Crippen LogP contribution in [0, 0.1) is 17.7 Å². The number of hydrogen-bond acceptors (Lipinski definition) is 3. The molecule has 5 nitrogen and oxygen atoms in total. The van der Waals surface area contributed by atoms with Crippen molar-refractivity contribution in [3.63, 3.8) is 0 Å². The van der Waals surface area contributed by atoms with Crippen LogP contribution in [0.1, 0.15) is 31.7 Å². The molecule has 1 aliphatic carbocycles. The van der Waals surface area contributed by atoms with Gasteiger partial charge in [-0.25, -0.2) is 9.37 Å². The minimum absolute atomic E-state index is 0.0610. The summed E-state index contributed by atoms with van der Waals surface area (Å²) in [6.45, 7) is 2.21. The van der Waals surface area contributed by atoms with Crippen LogP contribution >= 0.6 is 0 Å². The Kier molecular flexibility index (Phi) is 4.74. The molecule has 1 fully saturated rings. The number of rotatable bonds is 4. The lowest BCUT2D eigenvalue weighted by molar-refractivity contribution is -0.131. The van der Waals surface area contributed by atoms with E-state index >= 15 is 0 Å². The highest BCUT2D eigenvalue weighted by Gasteiger charge is 2.31. The Morgan fingerprint density at radius 2 is 2.29 bits per heavy atom. The first kappa shape index (κ1) is 16.4. The van der Waals surface area contributed by atoms with E-state index in [2.05, 4.69) is 10.3 Å². The Hall–Kier alpha value is -2.50. The minimum Gasteiger partial charge on any atom is -0.352 e. The van der Waals surface area contributed by atoms with E-state index in [1.54, 1.807) is 29.1 Å². The van der Waals surface area contributed by atoms with Crippen LogP contribution in [-0.2, 0) is 16.1 Å². The third-order valence-corrected chi connectivity index (χ3v) is 4.57. The Labute approximate surface area is 139 Å². The van der Waals surface area contributed by atoms with E-state index < -0.39 is 0 Å². The summed E-state index contributed by atoms with van der Waals surface area (Å²) in [5.41, 5.74) is 1.12. The van der Waals surface area contributed by atoms with Gasteiger partial charge in [-0.2, -0.15) is 0 Å². The average Bonchev–Trinajstić information content (AvgIpc) is 3.07. The van der Waals surface area contributed by atoms with Crippen molar-refractivity contribution >= 4 is 11.7 Å². The maximum absolute atomic E-state index is 14.2. The van der Waals surface area contributed by atoms with Crippen molar-refractivity contribution in [2.75, 3.05) is 0 Å². The number of ketones is 1.